The van der Waals surface area contributed by atoms with E-state index in [0.717, 1.165) is 12.8 Å². The van der Waals surface area contributed by atoms with E-state index >= 15 is 0 Å². The SMILES string of the molecule is CCCCNC(=O)c1cccc(C(=O)Nc2cc(Cl)ccc2Cl)n1. The Hall–Kier alpha value is -2.11. The van der Waals surface area contributed by atoms with Crippen LogP contribution in [0.2, 0.25) is 10.0 Å². The van der Waals surface area contributed by atoms with Gasteiger partial charge in [-0.25, -0.2) is 4.98 Å². The first-order chi connectivity index (χ1) is 11.5. The Morgan fingerprint density at radius 2 is 1.79 bits per heavy atom. The lowest BCUT2D eigenvalue weighted by atomic mass is 10.2. The van der Waals surface area contributed by atoms with Crippen LogP contribution >= 0.6 is 23.2 Å². The van der Waals surface area contributed by atoms with E-state index in [1.807, 2.05) is 6.92 Å². The third-order valence-corrected chi connectivity index (χ3v) is 3.77. The number of unbranched alkanes of at least 4 members (excludes halogenated alkanes) is 1. The summed E-state index contributed by atoms with van der Waals surface area (Å²) in [4.78, 5) is 28.4. The van der Waals surface area contributed by atoms with Gasteiger partial charge in [-0.1, -0.05) is 42.6 Å². The number of amides is 2. The molecule has 0 aliphatic rings. The second kappa shape index (κ2) is 8.66. The van der Waals surface area contributed by atoms with Crippen LogP contribution < -0.4 is 10.6 Å². The van der Waals surface area contributed by atoms with E-state index in [9.17, 15) is 9.59 Å². The van der Waals surface area contributed by atoms with Crippen LogP contribution in [0, 0.1) is 0 Å². The lowest BCUT2D eigenvalue weighted by Crippen LogP contribution is -2.26. The molecule has 0 aliphatic heterocycles. The van der Waals surface area contributed by atoms with Crippen molar-refractivity contribution in [3.8, 4) is 0 Å². The van der Waals surface area contributed by atoms with Gasteiger partial charge in [0.1, 0.15) is 11.4 Å². The number of pyridine rings is 1. The summed E-state index contributed by atoms with van der Waals surface area (Å²) in [6.45, 7) is 2.61. The van der Waals surface area contributed by atoms with Crippen LogP contribution in [-0.4, -0.2) is 23.3 Å². The summed E-state index contributed by atoms with van der Waals surface area (Å²) in [6.07, 6.45) is 1.87. The van der Waals surface area contributed by atoms with E-state index in [-0.39, 0.29) is 17.3 Å². The van der Waals surface area contributed by atoms with Crippen molar-refractivity contribution < 1.29 is 9.59 Å². The van der Waals surface area contributed by atoms with Gasteiger partial charge in [0.15, 0.2) is 0 Å². The minimum absolute atomic E-state index is 0.120. The molecule has 1 aromatic carbocycles. The molecule has 0 fully saturated rings. The smallest absolute Gasteiger partial charge is 0.274 e. The van der Waals surface area contributed by atoms with Gasteiger partial charge in [-0.3, -0.25) is 9.59 Å². The maximum Gasteiger partial charge on any atom is 0.274 e. The van der Waals surface area contributed by atoms with Crippen molar-refractivity contribution >= 4 is 40.7 Å². The number of aromatic nitrogens is 1. The third-order valence-electron chi connectivity index (χ3n) is 3.21. The van der Waals surface area contributed by atoms with Crippen LogP contribution in [0.5, 0.6) is 0 Å². The predicted octanol–water partition coefficient (Wildman–Crippen LogP) is 4.17. The van der Waals surface area contributed by atoms with Crippen molar-refractivity contribution in [2.45, 2.75) is 19.8 Å². The van der Waals surface area contributed by atoms with Crippen LogP contribution in [0.3, 0.4) is 0 Å². The molecule has 0 aliphatic carbocycles. The highest BCUT2D eigenvalue weighted by Crippen LogP contribution is 2.25. The molecule has 1 aromatic heterocycles. The Labute approximate surface area is 150 Å². The second-order valence-corrected chi connectivity index (χ2v) is 5.94. The van der Waals surface area contributed by atoms with Crippen LogP contribution in [-0.2, 0) is 0 Å². The fourth-order valence-corrected chi connectivity index (χ4v) is 2.27. The topological polar surface area (TPSA) is 71.1 Å². The van der Waals surface area contributed by atoms with Crippen molar-refractivity contribution in [1.82, 2.24) is 10.3 Å². The predicted molar refractivity (Wildman–Crippen MR) is 95.9 cm³/mol. The molecule has 0 radical (unpaired) electrons. The number of carbonyl (C=O) groups excluding carboxylic acids is 2. The normalized spacial score (nSPS) is 10.3. The van der Waals surface area contributed by atoms with Gasteiger partial charge in [0.05, 0.1) is 10.7 Å². The number of benzene rings is 1. The lowest BCUT2D eigenvalue weighted by molar-refractivity contribution is 0.0948. The number of hydrogen-bond donors (Lipinski definition) is 2. The summed E-state index contributed by atoms with van der Waals surface area (Å²) in [5, 5.41) is 6.21. The van der Waals surface area contributed by atoms with Crippen molar-refractivity contribution in [3.05, 3.63) is 57.8 Å². The Morgan fingerprint density at radius 3 is 2.50 bits per heavy atom. The molecule has 0 saturated heterocycles. The first-order valence-corrected chi connectivity index (χ1v) is 8.28. The number of halogens is 2. The molecule has 7 heteroatoms. The van der Waals surface area contributed by atoms with Crippen LogP contribution in [0.25, 0.3) is 0 Å². The van der Waals surface area contributed by atoms with Crippen molar-refractivity contribution in [2.24, 2.45) is 0 Å². The van der Waals surface area contributed by atoms with E-state index in [2.05, 4.69) is 15.6 Å². The van der Waals surface area contributed by atoms with E-state index < -0.39 is 5.91 Å². The molecule has 5 nitrogen and oxygen atoms in total. The molecule has 0 saturated carbocycles. The standard InChI is InChI=1S/C17H17Cl2N3O2/c1-2-3-9-20-16(23)13-5-4-6-14(21-13)17(24)22-15-10-11(18)7-8-12(15)19/h4-8,10H,2-3,9H2,1H3,(H,20,23)(H,22,24). The maximum atomic E-state index is 12.3. The average Bonchev–Trinajstić information content (AvgIpc) is 2.58. The molecule has 126 valence electrons. The number of hydrogen-bond acceptors (Lipinski definition) is 3. The van der Waals surface area contributed by atoms with Gasteiger partial charge in [0, 0.05) is 11.6 Å². The Balaban J connectivity index is 2.11. The maximum absolute atomic E-state index is 12.3. The molecule has 0 unspecified atom stereocenters. The molecule has 2 amide bonds. The molecule has 0 bridgehead atoms. The molecule has 2 aromatic rings. The van der Waals surface area contributed by atoms with Crippen molar-refractivity contribution in [1.29, 1.82) is 0 Å². The fourth-order valence-electron chi connectivity index (χ4n) is 1.94. The lowest BCUT2D eigenvalue weighted by Gasteiger charge is -2.08. The number of nitrogens with zero attached hydrogens (tertiary/aromatic N) is 1. The minimum Gasteiger partial charge on any atom is -0.351 e. The fraction of sp³-hybridized carbons (Fsp3) is 0.235. The van der Waals surface area contributed by atoms with E-state index in [1.54, 1.807) is 30.3 Å². The van der Waals surface area contributed by atoms with Crippen molar-refractivity contribution in [3.63, 3.8) is 0 Å². The molecular weight excluding hydrogens is 349 g/mol. The zero-order valence-electron chi connectivity index (χ0n) is 13.1. The van der Waals surface area contributed by atoms with Gasteiger partial charge >= 0.3 is 0 Å². The van der Waals surface area contributed by atoms with Gasteiger partial charge in [-0.2, -0.15) is 0 Å². The van der Waals surface area contributed by atoms with Gasteiger partial charge in [-0.15, -0.1) is 0 Å². The number of anilines is 1. The quantitative estimate of drug-likeness (QED) is 0.754. The van der Waals surface area contributed by atoms with Gasteiger partial charge in [0.25, 0.3) is 11.8 Å². The highest BCUT2D eigenvalue weighted by Gasteiger charge is 2.13. The Bertz CT molecular complexity index is 750. The molecular formula is C17H17Cl2N3O2. The van der Waals surface area contributed by atoms with Crippen molar-refractivity contribution in [2.75, 3.05) is 11.9 Å². The second-order valence-electron chi connectivity index (χ2n) is 5.10. The summed E-state index contributed by atoms with van der Waals surface area (Å²) in [7, 11) is 0. The highest BCUT2D eigenvalue weighted by molar-refractivity contribution is 6.35. The largest absolute Gasteiger partial charge is 0.351 e. The molecule has 2 N–H and O–H groups in total. The molecule has 1 heterocycles. The van der Waals surface area contributed by atoms with Gasteiger partial charge in [0.2, 0.25) is 0 Å². The molecule has 2 rings (SSSR count). The zero-order valence-corrected chi connectivity index (χ0v) is 14.6. The Kier molecular flexibility index (Phi) is 6.58. The van der Waals surface area contributed by atoms with Crippen LogP contribution in [0.1, 0.15) is 40.7 Å². The molecule has 24 heavy (non-hydrogen) atoms. The highest BCUT2D eigenvalue weighted by atomic mass is 35.5. The van der Waals surface area contributed by atoms with Crippen LogP contribution in [0.15, 0.2) is 36.4 Å². The molecule has 0 atom stereocenters. The third kappa shape index (κ3) is 4.94. The molecule has 0 spiro atoms. The number of carbonyl (C=O) groups is 2. The van der Waals surface area contributed by atoms with Crippen LogP contribution in [0.4, 0.5) is 5.69 Å². The summed E-state index contributed by atoms with van der Waals surface area (Å²) in [6, 6.07) is 9.45. The Morgan fingerprint density at radius 1 is 1.08 bits per heavy atom. The zero-order chi connectivity index (χ0) is 17.5. The van der Waals surface area contributed by atoms with Gasteiger partial charge < -0.3 is 10.6 Å². The first kappa shape index (κ1) is 18.2. The van der Waals surface area contributed by atoms with E-state index in [4.69, 9.17) is 23.2 Å². The van der Waals surface area contributed by atoms with E-state index in [0.29, 0.717) is 22.3 Å². The summed E-state index contributed by atoms with van der Waals surface area (Å²) in [5.41, 5.74) is 0.693. The first-order valence-electron chi connectivity index (χ1n) is 7.53. The minimum atomic E-state index is -0.470. The summed E-state index contributed by atoms with van der Waals surface area (Å²) in [5.74, 6) is -0.777. The average molecular weight is 366 g/mol. The number of nitrogens with one attached hydrogen (secondary N) is 2. The van der Waals surface area contributed by atoms with E-state index in [1.165, 1.54) is 6.07 Å². The number of rotatable bonds is 6. The monoisotopic (exact) mass is 365 g/mol. The van der Waals surface area contributed by atoms with Gasteiger partial charge in [-0.05, 0) is 36.8 Å². The summed E-state index contributed by atoms with van der Waals surface area (Å²) < 4.78 is 0. The summed E-state index contributed by atoms with van der Waals surface area (Å²) >= 11 is 11.9.